The smallest absolute Gasteiger partial charge is 0.348 e. The molecular formula is C23H18N2O3S. The lowest BCUT2D eigenvalue weighted by molar-refractivity contribution is 0.0702. The minimum Gasteiger partial charge on any atom is -0.477 e. The lowest BCUT2D eigenvalue weighted by Gasteiger charge is -2.06. The van der Waals surface area contributed by atoms with Crippen molar-refractivity contribution in [1.82, 2.24) is 9.38 Å². The molecule has 29 heavy (non-hydrogen) atoms. The van der Waals surface area contributed by atoms with Crippen LogP contribution in [-0.4, -0.2) is 20.5 Å². The summed E-state index contributed by atoms with van der Waals surface area (Å²) < 4.78 is 1.41. The van der Waals surface area contributed by atoms with E-state index in [9.17, 15) is 14.7 Å². The molecule has 144 valence electrons. The van der Waals surface area contributed by atoms with E-state index in [4.69, 9.17) is 0 Å². The molecule has 2 aromatic carbocycles. The molecule has 0 aliphatic carbocycles. The van der Waals surface area contributed by atoms with Crippen molar-refractivity contribution in [3.05, 3.63) is 92.2 Å². The maximum Gasteiger partial charge on any atom is 0.348 e. The first kappa shape index (κ1) is 18.8. The minimum atomic E-state index is -1.08. The van der Waals surface area contributed by atoms with E-state index >= 15 is 0 Å². The molecule has 0 spiro atoms. The Kier molecular flexibility index (Phi) is 4.86. The van der Waals surface area contributed by atoms with E-state index in [1.807, 2.05) is 55.5 Å². The van der Waals surface area contributed by atoms with Gasteiger partial charge in [-0.15, -0.1) is 0 Å². The van der Waals surface area contributed by atoms with Gasteiger partial charge >= 0.3 is 5.97 Å². The van der Waals surface area contributed by atoms with Crippen molar-refractivity contribution in [3.63, 3.8) is 0 Å². The second-order valence-electron chi connectivity index (χ2n) is 6.69. The van der Waals surface area contributed by atoms with Crippen molar-refractivity contribution in [2.75, 3.05) is 0 Å². The molecule has 2 aromatic heterocycles. The highest BCUT2D eigenvalue weighted by Crippen LogP contribution is 2.30. The third kappa shape index (κ3) is 3.39. The summed E-state index contributed by atoms with van der Waals surface area (Å²) in [5, 5.41) is 9.69. The summed E-state index contributed by atoms with van der Waals surface area (Å²) in [4.78, 5) is 30.1. The summed E-state index contributed by atoms with van der Waals surface area (Å²) in [6.45, 7) is 3.73. The number of rotatable bonds is 4. The molecule has 2 heterocycles. The van der Waals surface area contributed by atoms with Crippen molar-refractivity contribution >= 4 is 34.4 Å². The van der Waals surface area contributed by atoms with Gasteiger partial charge in [0.05, 0.1) is 11.4 Å². The average Bonchev–Trinajstić information content (AvgIpc) is 3.11. The van der Waals surface area contributed by atoms with E-state index in [2.05, 4.69) is 4.98 Å². The number of aromatic nitrogens is 2. The number of benzene rings is 2. The van der Waals surface area contributed by atoms with Gasteiger partial charge in [0.25, 0.3) is 5.56 Å². The third-order valence-corrected chi connectivity index (χ3v) is 5.83. The van der Waals surface area contributed by atoms with Crippen LogP contribution in [0.4, 0.5) is 0 Å². The highest BCUT2D eigenvalue weighted by Gasteiger charge is 2.22. The van der Waals surface area contributed by atoms with Gasteiger partial charge in [0.15, 0.2) is 4.96 Å². The quantitative estimate of drug-likeness (QED) is 0.527. The Morgan fingerprint density at radius 2 is 1.72 bits per heavy atom. The maximum absolute atomic E-state index is 13.2. The molecule has 0 bridgehead atoms. The molecule has 4 rings (SSSR count). The maximum atomic E-state index is 13.2. The predicted octanol–water partition coefficient (Wildman–Crippen LogP) is 4.91. The van der Waals surface area contributed by atoms with Crippen molar-refractivity contribution in [2.45, 2.75) is 13.8 Å². The molecule has 0 amide bonds. The molecule has 5 nitrogen and oxygen atoms in total. The number of nitrogens with zero attached hydrogens (tertiary/aromatic N) is 2. The Balaban J connectivity index is 1.94. The van der Waals surface area contributed by atoms with Crippen LogP contribution in [0.15, 0.2) is 59.4 Å². The first-order chi connectivity index (χ1) is 14.0. The van der Waals surface area contributed by atoms with Crippen molar-refractivity contribution < 1.29 is 9.90 Å². The summed E-state index contributed by atoms with van der Waals surface area (Å²) in [7, 11) is 0. The summed E-state index contributed by atoms with van der Waals surface area (Å²) >= 11 is 1.01. The zero-order valence-corrected chi connectivity index (χ0v) is 16.7. The Morgan fingerprint density at radius 3 is 2.41 bits per heavy atom. The molecule has 0 aliphatic rings. The lowest BCUT2D eigenvalue weighted by Crippen LogP contribution is -2.19. The first-order valence-electron chi connectivity index (χ1n) is 9.06. The van der Waals surface area contributed by atoms with Gasteiger partial charge in [-0.1, -0.05) is 72.0 Å². The standard InChI is InChI=1S/C23H18N2O3S/c1-14-8-6-7-9-16(14)12-13-18-15(2)21(26)25-19(17-10-4-3-5-11-17)20(22(27)28)29-23(25)24-18/h3-13H,1-2H3,(H,27,28)/b13-12+. The Bertz CT molecular complexity index is 1320. The number of hydrogen-bond acceptors (Lipinski definition) is 4. The van der Waals surface area contributed by atoms with Crippen LogP contribution in [-0.2, 0) is 0 Å². The lowest BCUT2D eigenvalue weighted by atomic mass is 10.1. The van der Waals surface area contributed by atoms with E-state index in [-0.39, 0.29) is 10.4 Å². The van der Waals surface area contributed by atoms with Crippen LogP contribution in [0.3, 0.4) is 0 Å². The first-order valence-corrected chi connectivity index (χ1v) is 9.87. The fourth-order valence-electron chi connectivity index (χ4n) is 3.21. The summed E-state index contributed by atoms with van der Waals surface area (Å²) in [6.07, 6.45) is 3.73. The molecule has 4 aromatic rings. The third-order valence-electron chi connectivity index (χ3n) is 4.80. The van der Waals surface area contributed by atoms with Crippen molar-refractivity contribution in [1.29, 1.82) is 0 Å². The molecule has 6 heteroatoms. The zero-order valence-electron chi connectivity index (χ0n) is 15.9. The van der Waals surface area contributed by atoms with Gasteiger partial charge < -0.3 is 5.11 Å². The number of aryl methyl sites for hydroxylation is 1. The molecule has 1 N–H and O–H groups in total. The number of thiazole rings is 1. The van der Waals surface area contributed by atoms with E-state index < -0.39 is 5.97 Å². The SMILES string of the molecule is Cc1ccccc1/C=C/c1nc2sc(C(=O)O)c(-c3ccccc3)n2c(=O)c1C. The largest absolute Gasteiger partial charge is 0.477 e. The molecule has 0 saturated carbocycles. The van der Waals surface area contributed by atoms with Crippen molar-refractivity contribution in [2.24, 2.45) is 0 Å². The van der Waals surface area contributed by atoms with E-state index in [0.717, 1.165) is 22.5 Å². The number of carboxylic acid groups (broad SMARTS) is 1. The summed E-state index contributed by atoms with van der Waals surface area (Å²) in [5.41, 5.74) is 3.94. The van der Waals surface area contributed by atoms with Crippen LogP contribution in [0.5, 0.6) is 0 Å². The number of fused-ring (bicyclic) bond motifs is 1. The molecule has 0 aliphatic heterocycles. The highest BCUT2D eigenvalue weighted by atomic mass is 32.1. The number of carboxylic acids is 1. The number of carbonyl (C=O) groups is 1. The zero-order chi connectivity index (χ0) is 20.5. The topological polar surface area (TPSA) is 71.7 Å². The normalized spacial score (nSPS) is 11.4. The molecule has 0 saturated heterocycles. The van der Waals surface area contributed by atoms with Gasteiger partial charge in [-0.25, -0.2) is 14.2 Å². The number of hydrogen-bond donors (Lipinski definition) is 1. The summed E-state index contributed by atoms with van der Waals surface area (Å²) in [6, 6.07) is 17.0. The summed E-state index contributed by atoms with van der Waals surface area (Å²) in [5.74, 6) is -1.08. The van der Waals surface area contributed by atoms with Crippen molar-refractivity contribution in [3.8, 4) is 11.3 Å². The van der Waals surface area contributed by atoms with Gasteiger partial charge in [0.2, 0.25) is 0 Å². The minimum absolute atomic E-state index is 0.0974. The van der Waals surface area contributed by atoms with Crippen LogP contribution in [0.2, 0.25) is 0 Å². The van der Waals surface area contributed by atoms with Gasteiger partial charge in [-0.05, 0) is 31.1 Å². The van der Waals surface area contributed by atoms with Crippen LogP contribution in [0.25, 0.3) is 28.4 Å². The van der Waals surface area contributed by atoms with E-state index in [0.29, 0.717) is 27.5 Å². The van der Waals surface area contributed by atoms with E-state index in [1.165, 1.54) is 4.40 Å². The van der Waals surface area contributed by atoms with Gasteiger partial charge in [-0.2, -0.15) is 0 Å². The van der Waals surface area contributed by atoms with Gasteiger partial charge in [0.1, 0.15) is 4.88 Å². The Labute approximate surface area is 171 Å². The Hall–Kier alpha value is -3.51. The molecule has 0 unspecified atom stereocenters. The molecular weight excluding hydrogens is 384 g/mol. The van der Waals surface area contributed by atoms with Gasteiger partial charge in [-0.3, -0.25) is 4.79 Å². The van der Waals surface area contributed by atoms with E-state index in [1.54, 1.807) is 25.1 Å². The number of aromatic carboxylic acids is 1. The molecule has 0 fully saturated rings. The highest BCUT2D eigenvalue weighted by molar-refractivity contribution is 7.19. The van der Waals surface area contributed by atoms with Gasteiger partial charge in [0, 0.05) is 11.1 Å². The predicted molar refractivity (Wildman–Crippen MR) is 117 cm³/mol. The fraction of sp³-hybridized carbons (Fsp3) is 0.0870. The second-order valence-corrected chi connectivity index (χ2v) is 7.66. The second kappa shape index (κ2) is 7.48. The monoisotopic (exact) mass is 402 g/mol. The van der Waals surface area contributed by atoms with Crippen LogP contribution in [0, 0.1) is 13.8 Å². The molecule has 0 radical (unpaired) electrons. The average molecular weight is 402 g/mol. The van der Waals surface area contributed by atoms with Crippen LogP contribution in [0.1, 0.15) is 32.1 Å². The van der Waals surface area contributed by atoms with Crippen LogP contribution >= 0.6 is 11.3 Å². The Morgan fingerprint density at radius 1 is 1.03 bits per heavy atom. The van der Waals surface area contributed by atoms with Crippen LogP contribution < -0.4 is 5.56 Å². The molecule has 0 atom stereocenters. The fourth-order valence-corrected chi connectivity index (χ4v) is 4.20.